The Bertz CT molecular complexity index is 3370. The molecule has 92 heavy (non-hydrogen) atoms. The number of aromatic nitrogens is 2. The van der Waals surface area contributed by atoms with Gasteiger partial charge in [-0.15, -0.1) is 0 Å². The van der Waals surface area contributed by atoms with E-state index in [1.165, 1.54) is 32.5 Å². The summed E-state index contributed by atoms with van der Waals surface area (Å²) in [6.45, 7) is 8.43. The number of cyclic esters (lactones) is 1. The number of aliphatic hydroxyl groups excluding tert-OH is 1. The van der Waals surface area contributed by atoms with E-state index in [9.17, 15) is 43.7 Å². The van der Waals surface area contributed by atoms with E-state index in [2.05, 4.69) is 32.0 Å². The Morgan fingerprint density at radius 2 is 1.67 bits per heavy atom. The second kappa shape index (κ2) is 34.3. The number of furan rings is 1. The molecule has 19 nitrogen and oxygen atoms in total. The van der Waals surface area contributed by atoms with Crippen molar-refractivity contribution in [2.45, 2.75) is 186 Å². The number of ether oxygens (including phenoxy) is 4. The fraction of sp³-hybridized carbons (Fsp3) is 0.535. The molecular weight excluding hydrogens is 1200 g/mol. The molecule has 6 N–H and O–H groups in total. The minimum absolute atomic E-state index is 0.0223. The topological polar surface area (TPSA) is 261 Å². The summed E-state index contributed by atoms with van der Waals surface area (Å²) in [5, 5.41) is 45.4. The molecular formula is C71H92ClFN6O13. The summed E-state index contributed by atoms with van der Waals surface area (Å²) in [6.07, 6.45) is 11.9. The van der Waals surface area contributed by atoms with Crippen molar-refractivity contribution in [1.82, 2.24) is 25.5 Å². The zero-order valence-corrected chi connectivity index (χ0v) is 54.7. The molecule has 3 aliphatic rings. The molecule has 9 atom stereocenters. The summed E-state index contributed by atoms with van der Waals surface area (Å²) < 4.78 is 43.6. The number of anilines is 2. The van der Waals surface area contributed by atoms with Crippen LogP contribution in [0.2, 0.25) is 5.02 Å². The fourth-order valence-corrected chi connectivity index (χ4v) is 13.0. The van der Waals surface area contributed by atoms with Crippen LogP contribution in [-0.4, -0.2) is 130 Å². The van der Waals surface area contributed by atoms with Crippen molar-refractivity contribution in [3.05, 3.63) is 125 Å². The highest BCUT2D eigenvalue weighted by Crippen LogP contribution is 2.36. The summed E-state index contributed by atoms with van der Waals surface area (Å²) in [5.74, 6) is -7.21. The van der Waals surface area contributed by atoms with Gasteiger partial charge >= 0.3 is 5.97 Å². The number of amides is 2. The van der Waals surface area contributed by atoms with E-state index in [-0.39, 0.29) is 68.4 Å². The number of allylic oxidation sites excluding steroid dienone is 3. The number of benzene rings is 3. The predicted octanol–water partition coefficient (Wildman–Crippen LogP) is 11.6. The van der Waals surface area contributed by atoms with Crippen molar-refractivity contribution >= 4 is 63.4 Å². The first-order valence-corrected chi connectivity index (χ1v) is 33.0. The lowest BCUT2D eigenvalue weighted by Gasteiger charge is -2.38. The van der Waals surface area contributed by atoms with E-state index in [1.807, 2.05) is 56.3 Å². The number of rotatable bonds is 19. The van der Waals surface area contributed by atoms with E-state index >= 15 is 0 Å². The monoisotopic (exact) mass is 1290 g/mol. The number of nitrogens with zero attached hydrogens (tertiary/aromatic N) is 3. The molecule has 5 aromatic rings. The molecule has 21 heteroatoms. The Morgan fingerprint density at radius 3 is 2.46 bits per heavy atom. The van der Waals surface area contributed by atoms with Crippen LogP contribution in [0.15, 0.2) is 107 Å². The number of Topliss-reactive ketones (excluding diaryl/α,β-unsaturated/α-hetero) is 2. The molecule has 0 radical (unpaired) electrons. The number of methoxy groups -OCH3 is 2. The lowest BCUT2D eigenvalue weighted by molar-refractivity contribution is -0.208. The molecule has 1 aliphatic carbocycles. The van der Waals surface area contributed by atoms with Gasteiger partial charge in [-0.3, -0.25) is 19.2 Å². The number of piperidine rings is 1. The number of fused-ring (bicyclic) bond motifs is 2. The van der Waals surface area contributed by atoms with Gasteiger partial charge in [0.25, 0.3) is 11.7 Å². The third kappa shape index (κ3) is 19.8. The highest BCUT2D eigenvalue weighted by Gasteiger charge is 2.48. The van der Waals surface area contributed by atoms with Crippen molar-refractivity contribution in [3.8, 4) is 17.1 Å². The Balaban J connectivity index is 0.874. The third-order valence-electron chi connectivity index (χ3n) is 18.3. The SMILES string of the molecule is CO[C@@H]1CCCCC/C(C)=C/[C@@H](CCCC(=O)NCCNCc2ccc(-c3ccc4ncnc(Nc5ccc(OCc6cccc(F)c6)c(Cl)c5)c4c3)o2)C(=O)C[C@H](O)[C@@H](C)[C@@H](/C(C)=C/[C@@H]2CCC[C@H](OC)C2)OC(=O)[C@@H]2CCCCN2C(=O)C(=O)C(O)(O)[C@H](C)C1. The standard InChI is InChI=1S/C71H92ClFN6O13/c1-44-15-8-7-9-20-54(88-5)35-46(3)71(86,87)67(83)69(84)79-32-11-10-22-60(79)70(85)92-66(45(2)34-48-16-13-21-55(37-48)89-6)47(4)61(80)40-62(81)50(33-44)18-14-23-65(82)75-31-30-74-41-56-26-29-63(91-56)51-24-27-59-57(38-51)68(77-43-76-59)78-53-25-28-64(58(72)39-53)90-42-49-17-12-19-52(73)36-49/h12,17,19,24-29,33-34,36,38-39,43,46-48,50,54-55,60-61,66,74,80,86-87H,7-11,13-16,18,20-23,30-32,35,37,40-42H2,1-6H3,(H,75,82)(H,76,77,78)/b44-33+,45-34+/t46-,47-,48+,50-,54-,55+,60+,61+,66-/m1/s1. The van der Waals surface area contributed by atoms with Gasteiger partial charge < -0.3 is 59.5 Å². The quantitative estimate of drug-likeness (QED) is 0.0148. The van der Waals surface area contributed by atoms with Crippen LogP contribution in [0, 0.1) is 29.5 Å². The molecule has 8 rings (SSSR count). The van der Waals surface area contributed by atoms with E-state index < -0.39 is 65.6 Å². The molecule has 0 bridgehead atoms. The van der Waals surface area contributed by atoms with Crippen molar-refractivity contribution < 1.29 is 67.0 Å². The number of hydrogen-bond acceptors (Lipinski definition) is 17. The maximum Gasteiger partial charge on any atom is 0.329 e. The average molecular weight is 1290 g/mol. The van der Waals surface area contributed by atoms with Crippen LogP contribution < -0.4 is 20.7 Å². The van der Waals surface area contributed by atoms with E-state index in [1.54, 1.807) is 38.3 Å². The lowest BCUT2D eigenvalue weighted by Crippen LogP contribution is -2.58. The van der Waals surface area contributed by atoms with Crippen LogP contribution in [0.5, 0.6) is 5.75 Å². The molecule has 0 unspecified atom stereocenters. The zero-order valence-electron chi connectivity index (χ0n) is 53.9. The Morgan fingerprint density at radius 1 is 0.891 bits per heavy atom. The molecule has 2 amide bonds. The Kier molecular flexibility index (Phi) is 26.5. The number of hydrogen-bond donors (Lipinski definition) is 6. The van der Waals surface area contributed by atoms with Crippen LogP contribution in [0.25, 0.3) is 22.2 Å². The van der Waals surface area contributed by atoms with Gasteiger partial charge in [-0.2, -0.15) is 0 Å². The second-order valence-electron chi connectivity index (χ2n) is 25.3. The lowest BCUT2D eigenvalue weighted by atomic mass is 9.82. The summed E-state index contributed by atoms with van der Waals surface area (Å²) >= 11 is 6.60. The first kappa shape index (κ1) is 70.9. The molecule has 3 aromatic carbocycles. The van der Waals surface area contributed by atoms with Crippen molar-refractivity contribution in [2.75, 3.05) is 39.2 Å². The molecule has 1 saturated heterocycles. The number of esters is 1. The number of aliphatic hydroxyl groups is 3. The number of nitrogens with one attached hydrogen (secondary N) is 3. The molecule has 2 fully saturated rings. The van der Waals surface area contributed by atoms with E-state index in [0.717, 1.165) is 66.4 Å². The van der Waals surface area contributed by atoms with Gasteiger partial charge in [0.15, 0.2) is 0 Å². The highest BCUT2D eigenvalue weighted by molar-refractivity contribution is 6.39. The van der Waals surface area contributed by atoms with Crippen LogP contribution in [0.4, 0.5) is 15.9 Å². The maximum atomic E-state index is 14.5. The van der Waals surface area contributed by atoms with Crippen LogP contribution in [-0.2, 0) is 51.3 Å². The second-order valence-corrected chi connectivity index (χ2v) is 25.7. The number of carbonyl (C=O) groups is 5. The average Bonchev–Trinajstić information content (AvgIpc) is 1.13. The minimum atomic E-state index is -3.02. The summed E-state index contributed by atoms with van der Waals surface area (Å²) in [5.41, 5.74) is 4.54. The molecule has 4 heterocycles. The Labute approximate surface area is 544 Å². The molecule has 2 aliphatic heterocycles. The van der Waals surface area contributed by atoms with Gasteiger partial charge in [0.05, 0.1) is 35.4 Å². The molecule has 0 spiro atoms. The smallest absolute Gasteiger partial charge is 0.329 e. The van der Waals surface area contributed by atoms with Gasteiger partial charge in [0.1, 0.15) is 59.8 Å². The Hall–Kier alpha value is -6.91. The van der Waals surface area contributed by atoms with Gasteiger partial charge in [-0.05, 0) is 169 Å². The molecule has 2 aromatic heterocycles. The normalized spacial score (nSPS) is 25.1. The first-order chi connectivity index (χ1) is 44.2. The summed E-state index contributed by atoms with van der Waals surface area (Å²) in [4.78, 5) is 80.1. The maximum absolute atomic E-state index is 14.5. The molecule has 1 saturated carbocycles. The summed E-state index contributed by atoms with van der Waals surface area (Å²) in [7, 11) is 3.21. The minimum Gasteiger partial charge on any atom is -0.487 e. The van der Waals surface area contributed by atoms with Crippen molar-refractivity contribution in [2.24, 2.45) is 23.7 Å². The number of ketones is 2. The van der Waals surface area contributed by atoms with Gasteiger partial charge in [-0.25, -0.2) is 19.2 Å². The van der Waals surface area contributed by atoms with Crippen LogP contribution >= 0.6 is 11.6 Å². The first-order valence-electron chi connectivity index (χ1n) is 32.6. The van der Waals surface area contributed by atoms with E-state index in [0.29, 0.717) is 109 Å². The van der Waals surface area contributed by atoms with Crippen molar-refractivity contribution in [1.29, 1.82) is 0 Å². The fourth-order valence-electron chi connectivity index (χ4n) is 12.7. The van der Waals surface area contributed by atoms with Gasteiger partial charge in [0, 0.05) is 81.1 Å². The van der Waals surface area contributed by atoms with Gasteiger partial charge in [-0.1, -0.05) is 74.6 Å². The van der Waals surface area contributed by atoms with Gasteiger partial charge in [0.2, 0.25) is 11.7 Å². The number of halogens is 2. The predicted molar refractivity (Wildman–Crippen MR) is 349 cm³/mol. The zero-order chi connectivity index (χ0) is 65.9. The summed E-state index contributed by atoms with van der Waals surface area (Å²) in [6, 6.07) is 19.8. The third-order valence-corrected chi connectivity index (χ3v) is 18.6. The van der Waals surface area contributed by atoms with Crippen molar-refractivity contribution in [3.63, 3.8) is 0 Å². The highest BCUT2D eigenvalue weighted by atomic mass is 35.5. The van der Waals surface area contributed by atoms with Crippen LogP contribution in [0.3, 0.4) is 0 Å². The van der Waals surface area contributed by atoms with E-state index in [4.69, 9.17) is 35.0 Å². The number of carbonyl (C=O) groups excluding carboxylic acids is 5. The largest absolute Gasteiger partial charge is 0.487 e. The van der Waals surface area contributed by atoms with Crippen LogP contribution in [0.1, 0.15) is 148 Å². The molecule has 498 valence electrons.